The molecule has 1 aromatic rings. The number of hydrogen-bond donors (Lipinski definition) is 2. The van der Waals surface area contributed by atoms with Crippen LogP contribution < -0.4 is 10.6 Å². The van der Waals surface area contributed by atoms with Crippen LogP contribution in [0.1, 0.15) is 24.5 Å². The molecular formula is C14H20N2O2. The lowest BCUT2D eigenvalue weighted by Crippen LogP contribution is -2.28. The van der Waals surface area contributed by atoms with E-state index in [4.69, 9.17) is 4.74 Å². The highest BCUT2D eigenvalue weighted by molar-refractivity contribution is 5.77. The molecule has 1 aliphatic heterocycles. The highest BCUT2D eigenvalue weighted by Gasteiger charge is 2.12. The Bertz CT molecular complexity index is 418. The van der Waals surface area contributed by atoms with Gasteiger partial charge in [-0.25, -0.2) is 0 Å². The van der Waals surface area contributed by atoms with Crippen LogP contribution >= 0.6 is 0 Å². The van der Waals surface area contributed by atoms with Gasteiger partial charge in [0.15, 0.2) is 0 Å². The van der Waals surface area contributed by atoms with Gasteiger partial charge in [0, 0.05) is 25.4 Å². The predicted molar refractivity (Wildman–Crippen MR) is 71.6 cm³/mol. The largest absolute Gasteiger partial charge is 0.385 e. The van der Waals surface area contributed by atoms with Gasteiger partial charge in [-0.1, -0.05) is 18.2 Å². The first kappa shape index (κ1) is 12.9. The summed E-state index contributed by atoms with van der Waals surface area (Å²) in [5, 5.41) is 6.30. The summed E-state index contributed by atoms with van der Waals surface area (Å²) in [6, 6.07) is 6.25. The molecule has 4 heteroatoms. The van der Waals surface area contributed by atoms with Crippen LogP contribution in [0.15, 0.2) is 18.2 Å². The third-order valence-electron chi connectivity index (χ3n) is 3.08. The zero-order valence-corrected chi connectivity index (χ0v) is 10.8. The van der Waals surface area contributed by atoms with Crippen LogP contribution in [-0.2, 0) is 22.5 Å². The Labute approximate surface area is 108 Å². The molecule has 18 heavy (non-hydrogen) atoms. The van der Waals surface area contributed by atoms with Gasteiger partial charge in [0.05, 0.1) is 0 Å². The Morgan fingerprint density at radius 2 is 2.39 bits per heavy atom. The van der Waals surface area contributed by atoms with Gasteiger partial charge in [0.25, 0.3) is 0 Å². The van der Waals surface area contributed by atoms with Gasteiger partial charge in [-0.3, -0.25) is 4.79 Å². The minimum absolute atomic E-state index is 0.0646. The fraction of sp³-hybridized carbons (Fsp3) is 0.500. The van der Waals surface area contributed by atoms with Crippen LogP contribution in [0.3, 0.4) is 0 Å². The fourth-order valence-corrected chi connectivity index (χ4v) is 2.17. The number of para-hydroxylation sites is 1. The van der Waals surface area contributed by atoms with Crippen LogP contribution in [0, 0.1) is 0 Å². The van der Waals surface area contributed by atoms with Gasteiger partial charge in [-0.2, -0.15) is 0 Å². The first-order chi connectivity index (χ1) is 8.81. The van der Waals surface area contributed by atoms with Gasteiger partial charge in [-0.05, 0) is 30.9 Å². The van der Waals surface area contributed by atoms with E-state index in [-0.39, 0.29) is 12.5 Å². The summed E-state index contributed by atoms with van der Waals surface area (Å²) in [6.07, 6.45) is 2.29. The van der Waals surface area contributed by atoms with Crippen molar-refractivity contribution >= 4 is 11.6 Å². The summed E-state index contributed by atoms with van der Waals surface area (Å²) in [5.41, 5.74) is 3.69. The summed E-state index contributed by atoms with van der Waals surface area (Å²) in [6.45, 7) is 4.15. The maximum absolute atomic E-state index is 11.5. The molecule has 0 unspecified atom stereocenters. The van der Waals surface area contributed by atoms with Crippen molar-refractivity contribution in [1.82, 2.24) is 5.32 Å². The van der Waals surface area contributed by atoms with Gasteiger partial charge < -0.3 is 15.4 Å². The van der Waals surface area contributed by atoms with Gasteiger partial charge >= 0.3 is 0 Å². The minimum atomic E-state index is -0.0646. The predicted octanol–water partition coefficient (Wildman–Crippen LogP) is 1.70. The van der Waals surface area contributed by atoms with Gasteiger partial charge in [-0.15, -0.1) is 0 Å². The first-order valence-electron chi connectivity index (χ1n) is 6.50. The van der Waals surface area contributed by atoms with E-state index in [1.807, 2.05) is 6.92 Å². The normalized spacial score (nSPS) is 13.6. The quantitative estimate of drug-likeness (QED) is 0.834. The molecule has 0 aromatic heterocycles. The van der Waals surface area contributed by atoms with Gasteiger partial charge in [0.2, 0.25) is 5.91 Å². The lowest BCUT2D eigenvalue weighted by Gasteiger charge is -2.21. The number of carbonyl (C=O) groups is 1. The molecule has 0 radical (unpaired) electrons. The van der Waals surface area contributed by atoms with Crippen LogP contribution in [-0.4, -0.2) is 25.7 Å². The van der Waals surface area contributed by atoms with Gasteiger partial charge in [0.1, 0.15) is 6.61 Å². The molecule has 2 rings (SSSR count). The van der Waals surface area contributed by atoms with Crippen molar-refractivity contribution in [3.8, 4) is 0 Å². The summed E-state index contributed by atoms with van der Waals surface area (Å²) in [7, 11) is 0. The summed E-state index contributed by atoms with van der Waals surface area (Å²) >= 11 is 0. The molecule has 0 saturated heterocycles. The van der Waals surface area contributed by atoms with Crippen molar-refractivity contribution in [2.24, 2.45) is 0 Å². The number of hydrogen-bond acceptors (Lipinski definition) is 3. The SMILES string of the molecule is CCOCC(=O)NCc1cccc2c1NCCC2. The number of fused-ring (bicyclic) bond motifs is 1. The van der Waals surface area contributed by atoms with E-state index in [0.29, 0.717) is 13.2 Å². The second-order valence-corrected chi connectivity index (χ2v) is 4.40. The standard InChI is InChI=1S/C14H20N2O2/c1-2-18-10-13(17)16-9-12-6-3-5-11-7-4-8-15-14(11)12/h3,5-6,15H,2,4,7-10H2,1H3,(H,16,17). The Morgan fingerprint density at radius 1 is 1.50 bits per heavy atom. The second kappa shape index (κ2) is 6.40. The molecule has 0 atom stereocenters. The van der Waals surface area contributed by atoms with E-state index in [9.17, 15) is 4.79 Å². The monoisotopic (exact) mass is 248 g/mol. The van der Waals surface area contributed by atoms with Crippen molar-refractivity contribution in [2.75, 3.05) is 25.1 Å². The molecular weight excluding hydrogens is 228 g/mol. The summed E-state index contributed by atoms with van der Waals surface area (Å²) < 4.78 is 5.07. The van der Waals surface area contributed by atoms with E-state index < -0.39 is 0 Å². The number of ether oxygens (including phenoxy) is 1. The molecule has 1 heterocycles. The molecule has 1 aliphatic rings. The van der Waals surface area contributed by atoms with Crippen molar-refractivity contribution in [2.45, 2.75) is 26.3 Å². The topological polar surface area (TPSA) is 50.4 Å². The van der Waals surface area contributed by atoms with Crippen LogP contribution in [0.4, 0.5) is 5.69 Å². The first-order valence-corrected chi connectivity index (χ1v) is 6.50. The van der Waals surface area contributed by atoms with E-state index in [0.717, 1.165) is 18.5 Å². The summed E-state index contributed by atoms with van der Waals surface area (Å²) in [4.78, 5) is 11.5. The van der Waals surface area contributed by atoms with Crippen LogP contribution in [0.25, 0.3) is 0 Å². The maximum atomic E-state index is 11.5. The minimum Gasteiger partial charge on any atom is -0.385 e. The highest BCUT2D eigenvalue weighted by Crippen LogP contribution is 2.25. The number of aryl methyl sites for hydroxylation is 1. The number of amides is 1. The Hall–Kier alpha value is -1.55. The van der Waals surface area contributed by atoms with Crippen LogP contribution in [0.2, 0.25) is 0 Å². The van der Waals surface area contributed by atoms with E-state index in [1.54, 1.807) is 0 Å². The van der Waals surface area contributed by atoms with Crippen LogP contribution in [0.5, 0.6) is 0 Å². The Kier molecular flexibility index (Phi) is 4.59. The smallest absolute Gasteiger partial charge is 0.246 e. The average Bonchev–Trinajstić information content (AvgIpc) is 2.42. The number of anilines is 1. The highest BCUT2D eigenvalue weighted by atomic mass is 16.5. The number of benzene rings is 1. The van der Waals surface area contributed by atoms with Crippen molar-refractivity contribution in [1.29, 1.82) is 0 Å². The Morgan fingerprint density at radius 3 is 3.22 bits per heavy atom. The van der Waals surface area contributed by atoms with Crippen molar-refractivity contribution < 1.29 is 9.53 Å². The van der Waals surface area contributed by atoms with E-state index in [1.165, 1.54) is 17.7 Å². The van der Waals surface area contributed by atoms with Crippen molar-refractivity contribution in [3.63, 3.8) is 0 Å². The molecule has 0 fully saturated rings. The molecule has 0 spiro atoms. The molecule has 4 nitrogen and oxygen atoms in total. The number of nitrogens with one attached hydrogen (secondary N) is 2. The number of rotatable bonds is 5. The molecule has 1 amide bonds. The molecule has 0 bridgehead atoms. The Balaban J connectivity index is 1.95. The molecule has 0 saturated carbocycles. The van der Waals surface area contributed by atoms with E-state index in [2.05, 4.69) is 28.8 Å². The van der Waals surface area contributed by atoms with E-state index >= 15 is 0 Å². The zero-order chi connectivity index (χ0) is 12.8. The molecule has 2 N–H and O–H groups in total. The molecule has 1 aromatic carbocycles. The molecule has 98 valence electrons. The van der Waals surface area contributed by atoms with Crippen molar-refractivity contribution in [3.05, 3.63) is 29.3 Å². The average molecular weight is 248 g/mol. The fourth-order valence-electron chi connectivity index (χ4n) is 2.17. The lowest BCUT2D eigenvalue weighted by molar-refractivity contribution is -0.125. The maximum Gasteiger partial charge on any atom is 0.246 e. The third kappa shape index (κ3) is 3.23. The lowest BCUT2D eigenvalue weighted by atomic mass is 9.99. The zero-order valence-electron chi connectivity index (χ0n) is 10.8. The second-order valence-electron chi connectivity index (χ2n) is 4.40. The third-order valence-corrected chi connectivity index (χ3v) is 3.08. The number of carbonyl (C=O) groups excluding carboxylic acids is 1. The molecule has 0 aliphatic carbocycles. The summed E-state index contributed by atoms with van der Waals surface area (Å²) in [5.74, 6) is -0.0646.